The number of piperazine rings is 1. The van der Waals surface area contributed by atoms with Crippen LogP contribution in [-0.2, 0) is 10.0 Å². The summed E-state index contributed by atoms with van der Waals surface area (Å²) in [5.41, 5.74) is 1.58. The van der Waals surface area contributed by atoms with Gasteiger partial charge in [-0.15, -0.1) is 0 Å². The molecule has 0 atom stereocenters. The number of hydrogen-bond donors (Lipinski definition) is 0. The standard InChI is InChI=1S/C22H27F2N3O3S/c1-3-11-25(4-2)19-8-5-17(6-9-19)22(28)26-12-14-27(15-13-26)31(29,30)21-16-18(23)7-10-20(21)24/h5-10,16H,3-4,11-15H2,1-2H3. The fourth-order valence-electron chi connectivity index (χ4n) is 3.68. The summed E-state index contributed by atoms with van der Waals surface area (Å²) in [6.07, 6.45) is 1.03. The third-order valence-corrected chi connectivity index (χ3v) is 7.31. The van der Waals surface area contributed by atoms with E-state index in [1.165, 1.54) is 0 Å². The van der Waals surface area contributed by atoms with Crippen molar-refractivity contribution in [3.63, 3.8) is 0 Å². The van der Waals surface area contributed by atoms with Crippen LogP contribution in [0.25, 0.3) is 0 Å². The van der Waals surface area contributed by atoms with Crippen LogP contribution in [0.2, 0.25) is 0 Å². The SMILES string of the molecule is CCCN(CC)c1ccc(C(=O)N2CCN(S(=O)(=O)c3cc(F)ccc3F)CC2)cc1. The fraction of sp³-hybridized carbons (Fsp3) is 0.409. The first-order valence-electron chi connectivity index (χ1n) is 10.4. The number of sulfonamides is 1. The second-order valence-electron chi connectivity index (χ2n) is 7.40. The Morgan fingerprint density at radius 3 is 2.23 bits per heavy atom. The average Bonchev–Trinajstić information content (AvgIpc) is 2.78. The summed E-state index contributed by atoms with van der Waals surface area (Å²) in [6, 6.07) is 9.74. The summed E-state index contributed by atoms with van der Waals surface area (Å²) in [4.78, 5) is 16.0. The molecule has 0 spiro atoms. The van der Waals surface area contributed by atoms with E-state index in [0.29, 0.717) is 11.6 Å². The minimum absolute atomic E-state index is 0.0161. The van der Waals surface area contributed by atoms with E-state index in [1.54, 1.807) is 17.0 Å². The highest BCUT2D eigenvalue weighted by atomic mass is 32.2. The summed E-state index contributed by atoms with van der Waals surface area (Å²) in [5.74, 6) is -2.00. The highest BCUT2D eigenvalue weighted by Crippen LogP contribution is 2.23. The number of rotatable bonds is 7. The molecule has 0 saturated carbocycles. The molecule has 168 valence electrons. The Balaban J connectivity index is 1.66. The molecule has 0 N–H and O–H groups in total. The molecule has 1 aliphatic rings. The summed E-state index contributed by atoms with van der Waals surface area (Å²) >= 11 is 0. The van der Waals surface area contributed by atoms with E-state index in [1.807, 2.05) is 12.1 Å². The predicted octanol–water partition coefficient (Wildman–Crippen LogP) is 3.35. The number of anilines is 1. The van der Waals surface area contributed by atoms with E-state index >= 15 is 0 Å². The molecule has 6 nitrogen and oxygen atoms in total. The van der Waals surface area contributed by atoms with Crippen molar-refractivity contribution in [3.8, 4) is 0 Å². The van der Waals surface area contributed by atoms with Gasteiger partial charge in [0.25, 0.3) is 5.91 Å². The molecule has 2 aromatic carbocycles. The monoisotopic (exact) mass is 451 g/mol. The minimum atomic E-state index is -4.18. The van der Waals surface area contributed by atoms with E-state index in [2.05, 4.69) is 18.7 Å². The zero-order valence-electron chi connectivity index (χ0n) is 17.7. The summed E-state index contributed by atoms with van der Waals surface area (Å²) in [6.45, 7) is 6.39. The van der Waals surface area contributed by atoms with Crippen LogP contribution in [0.1, 0.15) is 30.6 Å². The number of halogens is 2. The number of carbonyl (C=O) groups is 1. The number of hydrogen-bond acceptors (Lipinski definition) is 4. The average molecular weight is 452 g/mol. The summed E-state index contributed by atoms with van der Waals surface area (Å²) < 4.78 is 53.9. The first-order valence-corrected chi connectivity index (χ1v) is 11.8. The van der Waals surface area contributed by atoms with Gasteiger partial charge in [-0.3, -0.25) is 4.79 Å². The molecule has 0 bridgehead atoms. The largest absolute Gasteiger partial charge is 0.372 e. The second kappa shape index (κ2) is 9.74. The lowest BCUT2D eigenvalue weighted by Gasteiger charge is -2.34. The van der Waals surface area contributed by atoms with Gasteiger partial charge in [0.15, 0.2) is 0 Å². The van der Waals surface area contributed by atoms with E-state index in [4.69, 9.17) is 0 Å². The van der Waals surface area contributed by atoms with Gasteiger partial charge in [0, 0.05) is 50.5 Å². The van der Waals surface area contributed by atoms with Crippen molar-refractivity contribution >= 4 is 21.6 Å². The topological polar surface area (TPSA) is 60.9 Å². The smallest absolute Gasteiger partial charge is 0.253 e. The van der Waals surface area contributed by atoms with Gasteiger partial charge in [0.1, 0.15) is 16.5 Å². The van der Waals surface area contributed by atoms with E-state index in [-0.39, 0.29) is 32.1 Å². The van der Waals surface area contributed by atoms with Gasteiger partial charge in [0.2, 0.25) is 10.0 Å². The van der Waals surface area contributed by atoms with Crippen molar-refractivity contribution < 1.29 is 22.0 Å². The Bertz CT molecular complexity index is 1020. The lowest BCUT2D eigenvalue weighted by Crippen LogP contribution is -2.50. The Hall–Kier alpha value is -2.52. The fourth-order valence-corrected chi connectivity index (χ4v) is 5.18. The summed E-state index contributed by atoms with van der Waals surface area (Å²) in [7, 11) is -4.18. The molecule has 3 rings (SSSR count). The van der Waals surface area contributed by atoms with E-state index in [9.17, 15) is 22.0 Å². The molecule has 1 saturated heterocycles. The molecule has 31 heavy (non-hydrogen) atoms. The lowest BCUT2D eigenvalue weighted by molar-refractivity contribution is 0.0697. The third kappa shape index (κ3) is 5.04. The van der Waals surface area contributed by atoms with Crippen molar-refractivity contribution in [1.29, 1.82) is 0 Å². The van der Waals surface area contributed by atoms with Crippen molar-refractivity contribution in [2.75, 3.05) is 44.2 Å². The van der Waals surface area contributed by atoms with E-state index in [0.717, 1.165) is 41.6 Å². The van der Waals surface area contributed by atoms with Crippen LogP contribution >= 0.6 is 0 Å². The van der Waals surface area contributed by atoms with Gasteiger partial charge in [-0.1, -0.05) is 6.92 Å². The predicted molar refractivity (Wildman–Crippen MR) is 116 cm³/mol. The molecule has 1 heterocycles. The molecule has 9 heteroatoms. The molecule has 0 radical (unpaired) electrons. The molecule has 1 aliphatic heterocycles. The van der Waals surface area contributed by atoms with Crippen LogP contribution in [0.3, 0.4) is 0 Å². The number of nitrogens with zero attached hydrogens (tertiary/aromatic N) is 3. The molecule has 0 aliphatic carbocycles. The minimum Gasteiger partial charge on any atom is -0.372 e. The van der Waals surface area contributed by atoms with Crippen LogP contribution in [0.4, 0.5) is 14.5 Å². The number of carbonyl (C=O) groups excluding carboxylic acids is 1. The van der Waals surface area contributed by atoms with Crippen molar-refractivity contribution in [1.82, 2.24) is 9.21 Å². The normalized spacial score (nSPS) is 15.2. The van der Waals surface area contributed by atoms with Crippen LogP contribution < -0.4 is 4.90 Å². The van der Waals surface area contributed by atoms with E-state index < -0.39 is 26.6 Å². The highest BCUT2D eigenvalue weighted by molar-refractivity contribution is 7.89. The van der Waals surface area contributed by atoms with Crippen molar-refractivity contribution in [2.24, 2.45) is 0 Å². The van der Waals surface area contributed by atoms with Gasteiger partial charge in [0.05, 0.1) is 0 Å². The lowest BCUT2D eigenvalue weighted by atomic mass is 10.1. The maximum atomic E-state index is 14.0. The van der Waals surface area contributed by atoms with Gasteiger partial charge >= 0.3 is 0 Å². The quantitative estimate of drug-likeness (QED) is 0.648. The molecule has 1 fully saturated rings. The van der Waals surface area contributed by atoms with Crippen molar-refractivity contribution in [3.05, 3.63) is 59.7 Å². The molecule has 0 unspecified atom stereocenters. The van der Waals surface area contributed by atoms with Gasteiger partial charge in [-0.25, -0.2) is 17.2 Å². The first kappa shape index (κ1) is 23.1. The Morgan fingerprint density at radius 2 is 1.65 bits per heavy atom. The maximum Gasteiger partial charge on any atom is 0.253 e. The first-order chi connectivity index (χ1) is 14.8. The highest BCUT2D eigenvalue weighted by Gasteiger charge is 2.32. The molecule has 2 aromatic rings. The van der Waals surface area contributed by atoms with Crippen LogP contribution in [0.5, 0.6) is 0 Å². The van der Waals surface area contributed by atoms with Crippen molar-refractivity contribution in [2.45, 2.75) is 25.2 Å². The van der Waals surface area contributed by atoms with Gasteiger partial charge in [-0.05, 0) is 55.8 Å². The zero-order chi connectivity index (χ0) is 22.6. The number of amides is 1. The van der Waals surface area contributed by atoms with Gasteiger partial charge < -0.3 is 9.80 Å². The van der Waals surface area contributed by atoms with Crippen LogP contribution in [0.15, 0.2) is 47.4 Å². The van der Waals surface area contributed by atoms with Crippen LogP contribution in [-0.4, -0.2) is 62.8 Å². The molecule has 1 amide bonds. The molecular weight excluding hydrogens is 424 g/mol. The third-order valence-electron chi connectivity index (χ3n) is 5.39. The Morgan fingerprint density at radius 1 is 1.00 bits per heavy atom. The second-order valence-corrected chi connectivity index (χ2v) is 9.30. The Kier molecular flexibility index (Phi) is 7.27. The molecule has 0 aromatic heterocycles. The van der Waals surface area contributed by atoms with Gasteiger partial charge in [-0.2, -0.15) is 4.31 Å². The Labute approximate surface area is 182 Å². The molecular formula is C22H27F2N3O3S. The number of benzene rings is 2. The maximum absolute atomic E-state index is 14.0. The van der Waals surface area contributed by atoms with Crippen LogP contribution in [0, 0.1) is 11.6 Å². The summed E-state index contributed by atoms with van der Waals surface area (Å²) in [5, 5.41) is 0. The zero-order valence-corrected chi connectivity index (χ0v) is 18.5.